The number of ether oxygens (including phenoxy) is 2. The molecule has 1 aromatic rings. The van der Waals surface area contributed by atoms with Gasteiger partial charge in [0.05, 0.1) is 5.69 Å². The number of nitrogens with two attached hydrogens (primary N) is 1. The molecule has 1 saturated heterocycles. The topological polar surface area (TPSA) is 60.6 Å². The first kappa shape index (κ1) is 11.8. The molecular weight excluding hydrogens is 226 g/mol. The zero-order valence-corrected chi connectivity index (χ0v) is 10.4. The van der Waals surface area contributed by atoms with Crippen molar-refractivity contribution in [1.29, 1.82) is 0 Å². The summed E-state index contributed by atoms with van der Waals surface area (Å²) in [5.74, 6) is 0. The Kier molecular flexibility index (Phi) is 3.75. The fourth-order valence-electron chi connectivity index (χ4n) is 1.89. The van der Waals surface area contributed by atoms with Gasteiger partial charge < -0.3 is 20.1 Å². The number of methoxy groups -OCH3 is 2. The quantitative estimate of drug-likeness (QED) is 0.832. The smallest absolute Gasteiger partial charge is 0.185 e. The van der Waals surface area contributed by atoms with Crippen molar-refractivity contribution in [1.82, 2.24) is 4.98 Å². The van der Waals surface area contributed by atoms with E-state index in [4.69, 9.17) is 15.2 Å². The minimum absolute atomic E-state index is 0.121. The van der Waals surface area contributed by atoms with E-state index in [1.807, 2.05) is 5.38 Å². The maximum atomic E-state index is 5.55. The van der Waals surface area contributed by atoms with Gasteiger partial charge in [0.25, 0.3) is 0 Å². The van der Waals surface area contributed by atoms with E-state index in [0.717, 1.165) is 23.9 Å². The van der Waals surface area contributed by atoms with Crippen LogP contribution in [0.15, 0.2) is 5.38 Å². The fourth-order valence-corrected chi connectivity index (χ4v) is 2.75. The summed E-state index contributed by atoms with van der Waals surface area (Å²) in [6, 6.07) is 0. The molecule has 0 spiro atoms. The predicted octanol–water partition coefficient (Wildman–Crippen LogP) is 0.452. The molecule has 1 aromatic heterocycles. The third-order valence-corrected chi connectivity index (χ3v) is 3.79. The first-order chi connectivity index (χ1) is 7.78. The minimum atomic E-state index is 0.121. The number of aromatic nitrogens is 1. The van der Waals surface area contributed by atoms with E-state index in [2.05, 4.69) is 9.88 Å². The first-order valence-corrected chi connectivity index (χ1v) is 6.11. The maximum absolute atomic E-state index is 5.55. The molecule has 2 atom stereocenters. The van der Waals surface area contributed by atoms with Gasteiger partial charge in [-0.25, -0.2) is 4.98 Å². The normalized spacial score (nSPS) is 25.3. The van der Waals surface area contributed by atoms with Crippen molar-refractivity contribution in [2.75, 3.05) is 32.2 Å². The van der Waals surface area contributed by atoms with Gasteiger partial charge in [0, 0.05) is 39.2 Å². The molecule has 1 aliphatic rings. The Balaban J connectivity index is 2.06. The summed E-state index contributed by atoms with van der Waals surface area (Å²) in [5.41, 5.74) is 6.48. The average molecular weight is 243 g/mol. The molecule has 2 heterocycles. The van der Waals surface area contributed by atoms with Gasteiger partial charge in [0.15, 0.2) is 5.13 Å². The molecule has 90 valence electrons. The molecule has 0 radical (unpaired) electrons. The maximum Gasteiger partial charge on any atom is 0.185 e. The zero-order chi connectivity index (χ0) is 11.5. The lowest BCUT2D eigenvalue weighted by atomic mass is 10.3. The van der Waals surface area contributed by atoms with Crippen LogP contribution in [-0.2, 0) is 16.0 Å². The van der Waals surface area contributed by atoms with E-state index in [0.29, 0.717) is 6.54 Å². The van der Waals surface area contributed by atoms with Crippen LogP contribution in [0.3, 0.4) is 0 Å². The fraction of sp³-hybridized carbons (Fsp3) is 0.700. The number of hydrogen-bond acceptors (Lipinski definition) is 6. The Bertz CT molecular complexity index is 333. The minimum Gasteiger partial charge on any atom is -0.377 e. The van der Waals surface area contributed by atoms with Crippen molar-refractivity contribution in [2.24, 2.45) is 5.73 Å². The highest BCUT2D eigenvalue weighted by Gasteiger charge is 2.34. The predicted molar refractivity (Wildman–Crippen MR) is 63.8 cm³/mol. The summed E-state index contributed by atoms with van der Waals surface area (Å²) < 4.78 is 10.8. The third-order valence-electron chi connectivity index (χ3n) is 2.84. The Morgan fingerprint density at radius 2 is 2.06 bits per heavy atom. The second-order valence-electron chi connectivity index (χ2n) is 3.78. The summed E-state index contributed by atoms with van der Waals surface area (Å²) in [7, 11) is 3.43. The standard InChI is InChI=1S/C10H17N3O2S/c1-14-8-4-13(5-9(8)15-2)10-12-7(3-11)6-16-10/h6,8-9H,3-5,11H2,1-2H3. The lowest BCUT2D eigenvalue weighted by Crippen LogP contribution is -2.27. The lowest BCUT2D eigenvalue weighted by molar-refractivity contribution is -0.00461. The van der Waals surface area contributed by atoms with Gasteiger partial charge in [-0.2, -0.15) is 0 Å². The van der Waals surface area contributed by atoms with E-state index in [9.17, 15) is 0 Å². The summed E-state index contributed by atoms with van der Waals surface area (Å²) in [6.45, 7) is 2.14. The molecule has 6 heteroatoms. The molecule has 2 rings (SSSR count). The van der Waals surface area contributed by atoms with Crippen molar-refractivity contribution >= 4 is 16.5 Å². The summed E-state index contributed by atoms with van der Waals surface area (Å²) in [5, 5.41) is 3.00. The molecular formula is C10H17N3O2S. The van der Waals surface area contributed by atoms with Gasteiger partial charge in [0.2, 0.25) is 0 Å². The number of nitrogens with zero attached hydrogens (tertiary/aromatic N) is 2. The number of thiazole rings is 1. The summed E-state index contributed by atoms with van der Waals surface area (Å²) >= 11 is 1.62. The number of anilines is 1. The van der Waals surface area contributed by atoms with Gasteiger partial charge in [-0.05, 0) is 0 Å². The Morgan fingerprint density at radius 1 is 1.44 bits per heavy atom. The van der Waals surface area contributed by atoms with Crippen molar-refractivity contribution in [3.8, 4) is 0 Å². The van der Waals surface area contributed by atoms with Crippen LogP contribution in [0.25, 0.3) is 0 Å². The molecule has 0 bridgehead atoms. The van der Waals surface area contributed by atoms with Crippen molar-refractivity contribution in [3.63, 3.8) is 0 Å². The Labute approximate surface area is 99.2 Å². The van der Waals surface area contributed by atoms with Gasteiger partial charge in [-0.15, -0.1) is 11.3 Å². The van der Waals surface area contributed by atoms with Crippen molar-refractivity contribution in [3.05, 3.63) is 11.1 Å². The van der Waals surface area contributed by atoms with Crippen LogP contribution in [0.2, 0.25) is 0 Å². The molecule has 1 fully saturated rings. The van der Waals surface area contributed by atoms with E-state index in [1.165, 1.54) is 0 Å². The van der Waals surface area contributed by atoms with Crippen LogP contribution < -0.4 is 10.6 Å². The lowest BCUT2D eigenvalue weighted by Gasteiger charge is -2.13. The molecule has 2 unspecified atom stereocenters. The molecule has 2 N–H and O–H groups in total. The van der Waals surface area contributed by atoms with Crippen LogP contribution >= 0.6 is 11.3 Å². The average Bonchev–Trinajstić information content (AvgIpc) is 2.94. The van der Waals surface area contributed by atoms with Crippen molar-refractivity contribution < 1.29 is 9.47 Å². The molecule has 0 aromatic carbocycles. The molecule has 0 aliphatic carbocycles. The second kappa shape index (κ2) is 5.09. The monoisotopic (exact) mass is 243 g/mol. The highest BCUT2D eigenvalue weighted by Crippen LogP contribution is 2.26. The first-order valence-electron chi connectivity index (χ1n) is 5.23. The van der Waals surface area contributed by atoms with Crippen LogP contribution in [-0.4, -0.2) is 44.5 Å². The zero-order valence-electron chi connectivity index (χ0n) is 9.55. The third kappa shape index (κ3) is 2.20. The van der Waals surface area contributed by atoms with E-state index < -0.39 is 0 Å². The van der Waals surface area contributed by atoms with Crippen molar-refractivity contribution in [2.45, 2.75) is 18.8 Å². The SMILES string of the molecule is COC1CN(c2nc(CN)cs2)CC1OC. The van der Waals surface area contributed by atoms with Gasteiger partial charge >= 0.3 is 0 Å². The molecule has 5 nitrogen and oxygen atoms in total. The summed E-state index contributed by atoms with van der Waals surface area (Å²) in [4.78, 5) is 6.64. The Hall–Kier alpha value is -0.690. The van der Waals surface area contributed by atoms with Gasteiger partial charge in [-0.3, -0.25) is 0 Å². The van der Waals surface area contributed by atoms with Crippen LogP contribution in [0.5, 0.6) is 0 Å². The van der Waals surface area contributed by atoms with Gasteiger partial charge in [-0.1, -0.05) is 0 Å². The number of hydrogen-bond donors (Lipinski definition) is 1. The largest absolute Gasteiger partial charge is 0.377 e. The van der Waals surface area contributed by atoms with E-state index in [1.54, 1.807) is 25.6 Å². The van der Waals surface area contributed by atoms with Gasteiger partial charge in [0.1, 0.15) is 12.2 Å². The molecule has 1 aliphatic heterocycles. The van der Waals surface area contributed by atoms with Crippen LogP contribution in [0, 0.1) is 0 Å². The van der Waals surface area contributed by atoms with E-state index in [-0.39, 0.29) is 12.2 Å². The van der Waals surface area contributed by atoms with Crippen LogP contribution in [0.1, 0.15) is 5.69 Å². The molecule has 0 saturated carbocycles. The Morgan fingerprint density at radius 3 is 2.50 bits per heavy atom. The summed E-state index contributed by atoms with van der Waals surface area (Å²) in [6.07, 6.45) is 0.241. The van der Waals surface area contributed by atoms with Crippen LogP contribution in [0.4, 0.5) is 5.13 Å². The van der Waals surface area contributed by atoms with E-state index >= 15 is 0 Å². The highest BCUT2D eigenvalue weighted by atomic mass is 32.1. The highest BCUT2D eigenvalue weighted by molar-refractivity contribution is 7.13. The molecule has 0 amide bonds. The second-order valence-corrected chi connectivity index (χ2v) is 4.62. The number of rotatable bonds is 4. The molecule has 16 heavy (non-hydrogen) atoms.